The summed E-state index contributed by atoms with van der Waals surface area (Å²) in [5.74, 6) is 1.45. The van der Waals surface area contributed by atoms with Crippen molar-refractivity contribution in [1.82, 2.24) is 19.7 Å². The highest BCUT2D eigenvalue weighted by molar-refractivity contribution is 5.73. The first kappa shape index (κ1) is 21.4. The van der Waals surface area contributed by atoms with Gasteiger partial charge >= 0.3 is 0 Å². The maximum Gasteiger partial charge on any atom is 0.166 e. The smallest absolute Gasteiger partial charge is 0.166 e. The van der Waals surface area contributed by atoms with Gasteiger partial charge < -0.3 is 10.5 Å². The molecule has 4 heterocycles. The van der Waals surface area contributed by atoms with E-state index in [1.807, 2.05) is 29.9 Å². The molecule has 0 amide bonds. The molecule has 1 atom stereocenters. The van der Waals surface area contributed by atoms with Gasteiger partial charge in [0.1, 0.15) is 12.2 Å². The van der Waals surface area contributed by atoms with E-state index in [1.165, 1.54) is 12.8 Å². The van der Waals surface area contributed by atoms with Crippen molar-refractivity contribution in [3.63, 3.8) is 0 Å². The summed E-state index contributed by atoms with van der Waals surface area (Å²) in [6.07, 6.45) is 6.20. The maximum absolute atomic E-state index is 10.0. The number of nitriles is 1. The van der Waals surface area contributed by atoms with Crippen molar-refractivity contribution in [2.75, 3.05) is 5.73 Å². The first-order valence-corrected chi connectivity index (χ1v) is 12.0. The van der Waals surface area contributed by atoms with Gasteiger partial charge in [0.25, 0.3) is 0 Å². The predicted octanol–water partition coefficient (Wildman–Crippen LogP) is 5.22. The molecule has 174 valence electrons. The Bertz CT molecular complexity index is 1490. The molecular weight excluding hydrogens is 436 g/mol. The zero-order chi connectivity index (χ0) is 24.1. The van der Waals surface area contributed by atoms with Crippen LogP contribution >= 0.6 is 0 Å². The van der Waals surface area contributed by atoms with E-state index in [0.29, 0.717) is 29.6 Å². The summed E-state index contributed by atoms with van der Waals surface area (Å²) < 4.78 is 8.40. The fraction of sp³-hybridized carbons (Fsp3) is 0.286. The van der Waals surface area contributed by atoms with E-state index >= 15 is 0 Å². The topological polar surface area (TPSA) is 103 Å². The third-order valence-electron chi connectivity index (χ3n) is 6.90. The molecule has 1 aromatic carbocycles. The molecule has 7 nitrogen and oxygen atoms in total. The third kappa shape index (κ3) is 3.81. The Labute approximate surface area is 204 Å². The van der Waals surface area contributed by atoms with Crippen LogP contribution in [0, 0.1) is 24.2 Å². The van der Waals surface area contributed by atoms with Crippen LogP contribution < -0.4 is 10.5 Å². The van der Waals surface area contributed by atoms with E-state index in [2.05, 4.69) is 42.2 Å². The van der Waals surface area contributed by atoms with Gasteiger partial charge in [0, 0.05) is 47.6 Å². The second kappa shape index (κ2) is 8.24. The first-order chi connectivity index (χ1) is 17.0. The van der Waals surface area contributed by atoms with Crippen molar-refractivity contribution in [3.05, 3.63) is 76.7 Å². The van der Waals surface area contributed by atoms with Crippen LogP contribution in [0.25, 0.3) is 22.5 Å². The molecule has 4 aromatic rings. The number of nitrogens with zero attached hydrogens (tertiary/aromatic N) is 5. The lowest BCUT2D eigenvalue weighted by Gasteiger charge is -2.22. The Kier molecular flexibility index (Phi) is 5.03. The van der Waals surface area contributed by atoms with Gasteiger partial charge in [-0.1, -0.05) is 29.8 Å². The Morgan fingerprint density at radius 2 is 2.06 bits per heavy atom. The monoisotopic (exact) mass is 462 g/mol. The number of fused-ring (bicyclic) bond motifs is 7. The van der Waals surface area contributed by atoms with Gasteiger partial charge in [-0.15, -0.1) is 0 Å². The minimum atomic E-state index is -0.274. The second-order valence-electron chi connectivity index (χ2n) is 9.56. The molecule has 1 unspecified atom stereocenters. The number of aryl methyl sites for hydroxylation is 1. The van der Waals surface area contributed by atoms with Crippen molar-refractivity contribution in [2.45, 2.75) is 45.8 Å². The van der Waals surface area contributed by atoms with Crippen LogP contribution in [0.5, 0.6) is 5.75 Å². The average Bonchev–Trinajstić information content (AvgIpc) is 3.61. The van der Waals surface area contributed by atoms with E-state index in [-0.39, 0.29) is 6.10 Å². The van der Waals surface area contributed by atoms with Crippen molar-refractivity contribution in [2.24, 2.45) is 5.92 Å². The molecule has 7 heteroatoms. The van der Waals surface area contributed by atoms with Crippen LogP contribution in [-0.2, 0) is 13.0 Å². The number of nitrogens with two attached hydrogens (primary N) is 1. The minimum absolute atomic E-state index is 0.274. The van der Waals surface area contributed by atoms with Gasteiger partial charge in [-0.3, -0.25) is 9.67 Å². The summed E-state index contributed by atoms with van der Waals surface area (Å²) in [5.41, 5.74) is 14.4. The lowest BCUT2D eigenvalue weighted by molar-refractivity contribution is 0.228. The molecule has 2 aliphatic rings. The van der Waals surface area contributed by atoms with Gasteiger partial charge in [-0.2, -0.15) is 10.4 Å². The van der Waals surface area contributed by atoms with Crippen molar-refractivity contribution in [1.29, 1.82) is 5.26 Å². The number of pyridine rings is 2. The van der Waals surface area contributed by atoms with Gasteiger partial charge in [0.2, 0.25) is 0 Å². The van der Waals surface area contributed by atoms with Crippen LogP contribution in [0.4, 0.5) is 5.82 Å². The molecule has 1 saturated carbocycles. The van der Waals surface area contributed by atoms with Gasteiger partial charge in [0.15, 0.2) is 17.3 Å². The van der Waals surface area contributed by atoms with Gasteiger partial charge in [-0.25, -0.2) is 4.98 Å². The molecule has 3 aromatic heterocycles. The number of ether oxygens (including phenoxy) is 1. The maximum atomic E-state index is 10.0. The van der Waals surface area contributed by atoms with Crippen molar-refractivity contribution in [3.8, 4) is 34.3 Å². The molecule has 1 fully saturated rings. The van der Waals surface area contributed by atoms with E-state index < -0.39 is 0 Å². The Hall–Kier alpha value is -4.18. The summed E-state index contributed by atoms with van der Waals surface area (Å²) in [4.78, 5) is 9.26. The summed E-state index contributed by atoms with van der Waals surface area (Å²) in [7, 11) is 0. The fourth-order valence-electron chi connectivity index (χ4n) is 4.94. The standard InChI is InChI=1S/C28H26N6O/c1-16-5-8-21-22(10-16)17(2)35-25-12-20(14-32-28(25)30)27-23(11-19-4-3-9-31-26(19)21)24(13-29)33-34(27)15-18-6-7-18/h3-5,8-10,12,14,17-18H,6-7,11,15H2,1-2H3,(H2,30,32). The highest BCUT2D eigenvalue weighted by Gasteiger charge is 2.29. The number of aromatic nitrogens is 4. The van der Waals surface area contributed by atoms with Gasteiger partial charge in [0.05, 0.1) is 11.4 Å². The summed E-state index contributed by atoms with van der Waals surface area (Å²) in [6, 6.07) is 14.6. The molecular formula is C28H26N6O. The van der Waals surface area contributed by atoms with E-state index in [0.717, 1.165) is 51.3 Å². The van der Waals surface area contributed by atoms with E-state index in [1.54, 1.807) is 6.20 Å². The Morgan fingerprint density at radius 1 is 1.20 bits per heavy atom. The number of hydrogen-bond acceptors (Lipinski definition) is 6. The lowest BCUT2D eigenvalue weighted by Crippen LogP contribution is -2.10. The number of anilines is 1. The van der Waals surface area contributed by atoms with Gasteiger partial charge in [-0.05, 0) is 50.3 Å². The fourth-order valence-corrected chi connectivity index (χ4v) is 4.94. The number of nitrogen functional groups attached to an aromatic ring is 1. The first-order valence-electron chi connectivity index (χ1n) is 12.0. The van der Waals surface area contributed by atoms with Crippen molar-refractivity contribution < 1.29 is 4.74 Å². The van der Waals surface area contributed by atoms with Crippen LogP contribution in [-0.4, -0.2) is 19.7 Å². The zero-order valence-electron chi connectivity index (χ0n) is 19.8. The van der Waals surface area contributed by atoms with Crippen LogP contribution in [0.1, 0.15) is 53.8 Å². The summed E-state index contributed by atoms with van der Waals surface area (Å²) >= 11 is 0. The molecule has 6 rings (SSSR count). The molecule has 0 spiro atoms. The minimum Gasteiger partial charge on any atom is -0.482 e. The van der Waals surface area contributed by atoms with Crippen LogP contribution in [0.15, 0.2) is 48.8 Å². The number of hydrogen-bond donors (Lipinski definition) is 1. The molecule has 35 heavy (non-hydrogen) atoms. The van der Waals surface area contributed by atoms with Crippen molar-refractivity contribution >= 4 is 5.82 Å². The molecule has 1 aliphatic carbocycles. The molecule has 0 radical (unpaired) electrons. The zero-order valence-corrected chi connectivity index (χ0v) is 19.8. The highest BCUT2D eigenvalue weighted by atomic mass is 16.5. The number of rotatable bonds is 2. The molecule has 0 saturated heterocycles. The molecule has 1 aliphatic heterocycles. The molecule has 2 N–H and O–H groups in total. The quantitative estimate of drug-likeness (QED) is 0.438. The second-order valence-corrected chi connectivity index (χ2v) is 9.56. The Balaban J connectivity index is 1.65. The van der Waals surface area contributed by atoms with E-state index in [9.17, 15) is 5.26 Å². The average molecular weight is 463 g/mol. The Morgan fingerprint density at radius 3 is 2.86 bits per heavy atom. The third-order valence-corrected chi connectivity index (χ3v) is 6.90. The van der Waals surface area contributed by atoms with Crippen LogP contribution in [0.3, 0.4) is 0 Å². The summed E-state index contributed by atoms with van der Waals surface area (Å²) in [5, 5.41) is 14.8. The summed E-state index contributed by atoms with van der Waals surface area (Å²) in [6.45, 7) is 4.87. The lowest BCUT2D eigenvalue weighted by atomic mass is 9.92. The normalized spacial score (nSPS) is 16.5. The number of benzene rings is 1. The largest absolute Gasteiger partial charge is 0.482 e. The van der Waals surface area contributed by atoms with E-state index in [4.69, 9.17) is 20.6 Å². The molecule has 2 bridgehead atoms. The predicted molar refractivity (Wildman–Crippen MR) is 134 cm³/mol. The van der Waals surface area contributed by atoms with Crippen LogP contribution in [0.2, 0.25) is 0 Å². The SMILES string of the molecule is Cc1ccc2c(c1)C(C)Oc1cc(cnc1N)-c1c(c(C#N)nn1CC1CC1)Cc1cccnc1-2. The highest BCUT2D eigenvalue weighted by Crippen LogP contribution is 2.40.